The Morgan fingerprint density at radius 3 is 1.84 bits per heavy atom. The zero-order valence-electron chi connectivity index (χ0n) is 21.6. The predicted octanol–water partition coefficient (Wildman–Crippen LogP) is 10.3. The van der Waals surface area contributed by atoms with E-state index in [-0.39, 0.29) is 5.41 Å². The monoisotopic (exact) mass is 485 g/mol. The van der Waals surface area contributed by atoms with Crippen LogP contribution in [0.25, 0.3) is 44.2 Å². The molecule has 0 aliphatic heterocycles. The fourth-order valence-electron chi connectivity index (χ4n) is 6.83. The Kier molecular flexibility index (Phi) is 4.35. The van der Waals surface area contributed by atoms with Crippen molar-refractivity contribution in [1.82, 2.24) is 0 Å². The molecule has 0 heterocycles. The molecule has 0 saturated heterocycles. The first-order valence-electron chi connectivity index (χ1n) is 13.4. The molecule has 8 rings (SSSR count). The summed E-state index contributed by atoms with van der Waals surface area (Å²) in [6.45, 7) is 4.75. The number of hydrogen-bond acceptors (Lipinski definition) is 1. The lowest BCUT2D eigenvalue weighted by Gasteiger charge is -2.27. The normalized spacial score (nSPS) is 13.7. The number of fused-ring (bicyclic) bond motifs is 3. The molecule has 6 aromatic rings. The van der Waals surface area contributed by atoms with Crippen LogP contribution in [0.2, 0.25) is 0 Å². The number of anilines is 3. The summed E-state index contributed by atoms with van der Waals surface area (Å²) in [5.41, 5.74) is 14.4. The fraction of sp³-hybridized carbons (Fsp3) is 0.0811. The molecule has 1 nitrogen and oxygen atoms in total. The van der Waals surface area contributed by atoms with E-state index in [1.54, 1.807) is 0 Å². The van der Waals surface area contributed by atoms with Gasteiger partial charge in [-0.3, -0.25) is 0 Å². The van der Waals surface area contributed by atoms with Crippen LogP contribution >= 0.6 is 0 Å². The molecule has 0 saturated carbocycles. The van der Waals surface area contributed by atoms with Crippen molar-refractivity contribution in [2.45, 2.75) is 19.3 Å². The van der Waals surface area contributed by atoms with Crippen molar-refractivity contribution in [2.24, 2.45) is 0 Å². The molecular formula is C37H27N. The fourth-order valence-corrected chi connectivity index (χ4v) is 6.83. The van der Waals surface area contributed by atoms with Gasteiger partial charge in [0.1, 0.15) is 0 Å². The third-order valence-electron chi connectivity index (χ3n) is 8.58. The molecule has 0 amide bonds. The zero-order valence-corrected chi connectivity index (χ0v) is 21.6. The molecule has 0 atom stereocenters. The van der Waals surface area contributed by atoms with Gasteiger partial charge < -0.3 is 4.90 Å². The van der Waals surface area contributed by atoms with Gasteiger partial charge in [0, 0.05) is 22.5 Å². The van der Waals surface area contributed by atoms with Crippen LogP contribution in [0.3, 0.4) is 0 Å². The van der Waals surface area contributed by atoms with Gasteiger partial charge in [0.05, 0.1) is 0 Å². The first-order valence-corrected chi connectivity index (χ1v) is 13.4. The minimum Gasteiger partial charge on any atom is -0.310 e. The van der Waals surface area contributed by atoms with Crippen LogP contribution in [0.15, 0.2) is 127 Å². The molecule has 0 N–H and O–H groups in total. The van der Waals surface area contributed by atoms with Crippen LogP contribution in [-0.2, 0) is 5.41 Å². The number of para-hydroxylation sites is 2. The third-order valence-corrected chi connectivity index (χ3v) is 8.58. The summed E-state index contributed by atoms with van der Waals surface area (Å²) < 4.78 is 0. The van der Waals surface area contributed by atoms with Crippen LogP contribution in [0.1, 0.15) is 25.0 Å². The molecular weight excluding hydrogens is 458 g/mol. The Morgan fingerprint density at radius 1 is 0.447 bits per heavy atom. The van der Waals surface area contributed by atoms with E-state index in [2.05, 4.69) is 146 Å². The molecule has 0 fully saturated rings. The predicted molar refractivity (Wildman–Crippen MR) is 161 cm³/mol. The molecule has 0 unspecified atom stereocenters. The Hall–Kier alpha value is -4.62. The highest BCUT2D eigenvalue weighted by Crippen LogP contribution is 2.58. The van der Waals surface area contributed by atoms with Crippen LogP contribution in [-0.4, -0.2) is 0 Å². The summed E-state index contributed by atoms with van der Waals surface area (Å²) in [5, 5.41) is 2.70. The van der Waals surface area contributed by atoms with Gasteiger partial charge in [-0.25, -0.2) is 0 Å². The van der Waals surface area contributed by atoms with Gasteiger partial charge in [0.15, 0.2) is 0 Å². The van der Waals surface area contributed by atoms with Crippen molar-refractivity contribution in [3.8, 4) is 33.4 Å². The SMILES string of the molecule is CC1(C)c2cccc3c2-c2c1ccc1cccc(c21)-c1ccc(N(c2ccccc2)c2ccccc2)cc1-3. The van der Waals surface area contributed by atoms with E-state index in [0.29, 0.717) is 0 Å². The van der Waals surface area contributed by atoms with Crippen LogP contribution in [0.4, 0.5) is 17.1 Å². The lowest BCUT2D eigenvalue weighted by molar-refractivity contribution is 0.661. The van der Waals surface area contributed by atoms with Gasteiger partial charge >= 0.3 is 0 Å². The Morgan fingerprint density at radius 2 is 1.11 bits per heavy atom. The van der Waals surface area contributed by atoms with Crippen LogP contribution in [0.5, 0.6) is 0 Å². The second-order valence-corrected chi connectivity index (χ2v) is 11.0. The van der Waals surface area contributed by atoms with Gasteiger partial charge in [-0.15, -0.1) is 0 Å². The van der Waals surface area contributed by atoms with Crippen molar-refractivity contribution in [3.05, 3.63) is 139 Å². The molecule has 180 valence electrons. The molecule has 0 aromatic heterocycles. The molecule has 2 aliphatic carbocycles. The molecule has 0 spiro atoms. The van der Waals surface area contributed by atoms with Crippen molar-refractivity contribution in [3.63, 3.8) is 0 Å². The van der Waals surface area contributed by atoms with E-state index >= 15 is 0 Å². The summed E-state index contributed by atoms with van der Waals surface area (Å²) >= 11 is 0. The van der Waals surface area contributed by atoms with E-state index in [9.17, 15) is 0 Å². The van der Waals surface area contributed by atoms with Gasteiger partial charge in [0.25, 0.3) is 0 Å². The number of nitrogens with zero attached hydrogens (tertiary/aromatic N) is 1. The van der Waals surface area contributed by atoms with Crippen molar-refractivity contribution < 1.29 is 0 Å². The highest BCUT2D eigenvalue weighted by molar-refractivity contribution is 6.17. The second-order valence-electron chi connectivity index (χ2n) is 11.0. The van der Waals surface area contributed by atoms with E-state index in [1.165, 1.54) is 55.3 Å². The van der Waals surface area contributed by atoms with Gasteiger partial charge in [-0.2, -0.15) is 0 Å². The maximum Gasteiger partial charge on any atom is 0.0468 e. The van der Waals surface area contributed by atoms with E-state index in [0.717, 1.165) is 17.1 Å². The van der Waals surface area contributed by atoms with E-state index in [1.807, 2.05) is 0 Å². The standard InChI is InChI=1S/C37H27N/c1-37(2)32-18-10-17-30-31-23-27(38(25-12-5-3-6-13-25)26-14-7-4-8-15-26)20-21-28(31)29-16-9-11-24-19-22-33(37)36(34(24)29)35(30)32/h3-23H,1-2H3. The Bertz CT molecular complexity index is 1840. The molecule has 38 heavy (non-hydrogen) atoms. The third kappa shape index (κ3) is 2.82. The molecule has 1 heteroatoms. The maximum atomic E-state index is 2.40. The second kappa shape index (κ2) is 7.69. The van der Waals surface area contributed by atoms with Crippen molar-refractivity contribution in [1.29, 1.82) is 0 Å². The Labute approximate surface area is 223 Å². The largest absolute Gasteiger partial charge is 0.310 e. The quantitative estimate of drug-likeness (QED) is 0.241. The molecule has 6 aromatic carbocycles. The first-order chi connectivity index (χ1) is 18.6. The Balaban J connectivity index is 1.47. The average Bonchev–Trinajstić information content (AvgIpc) is 3.12. The summed E-state index contributed by atoms with van der Waals surface area (Å²) in [6, 6.07) is 46.7. The maximum absolute atomic E-state index is 2.40. The minimum atomic E-state index is -0.0306. The smallest absolute Gasteiger partial charge is 0.0468 e. The lowest BCUT2D eigenvalue weighted by atomic mass is 9.80. The molecule has 0 radical (unpaired) electrons. The molecule has 2 aliphatic rings. The van der Waals surface area contributed by atoms with Gasteiger partial charge in [0.2, 0.25) is 0 Å². The average molecular weight is 486 g/mol. The molecule has 0 bridgehead atoms. The first kappa shape index (κ1) is 21.5. The summed E-state index contributed by atoms with van der Waals surface area (Å²) in [4.78, 5) is 2.36. The van der Waals surface area contributed by atoms with E-state index < -0.39 is 0 Å². The van der Waals surface area contributed by atoms with Crippen molar-refractivity contribution >= 4 is 27.8 Å². The highest BCUT2D eigenvalue weighted by atomic mass is 15.1. The van der Waals surface area contributed by atoms with Gasteiger partial charge in [-0.05, 0) is 91.7 Å². The number of benzene rings is 6. The summed E-state index contributed by atoms with van der Waals surface area (Å²) in [7, 11) is 0. The lowest BCUT2D eigenvalue weighted by Crippen LogP contribution is -2.15. The number of rotatable bonds is 3. The number of hydrogen-bond donors (Lipinski definition) is 0. The van der Waals surface area contributed by atoms with Gasteiger partial charge in [-0.1, -0.05) is 105 Å². The van der Waals surface area contributed by atoms with E-state index in [4.69, 9.17) is 0 Å². The minimum absolute atomic E-state index is 0.0306. The van der Waals surface area contributed by atoms with Crippen LogP contribution < -0.4 is 4.90 Å². The van der Waals surface area contributed by atoms with Crippen molar-refractivity contribution in [2.75, 3.05) is 4.90 Å². The highest BCUT2D eigenvalue weighted by Gasteiger charge is 2.39. The topological polar surface area (TPSA) is 3.24 Å². The summed E-state index contributed by atoms with van der Waals surface area (Å²) in [5.74, 6) is 0. The summed E-state index contributed by atoms with van der Waals surface area (Å²) in [6.07, 6.45) is 0. The van der Waals surface area contributed by atoms with Crippen LogP contribution in [0, 0.1) is 0 Å². The zero-order chi connectivity index (χ0) is 25.4.